The Hall–Kier alpha value is -0.880. The standard InChI is InChI=1S/C20H34O13S/c1-9(8-34-4-3-12(23)29-2)7-30-19-17(28)15(26)18(11(6-22)32-19)33-20-16(27)14(25)13(24)10(5-21)31-20/h10-11,13-22,24-28H,1,3-8H2,2H3/t10-,11-,13+,14+,15-,16-,17-,18+,19+,20+/m1/s1. The highest BCUT2D eigenvalue weighted by Gasteiger charge is 2.50. The molecule has 0 amide bonds. The van der Waals surface area contributed by atoms with Gasteiger partial charge in [-0.25, -0.2) is 0 Å². The molecule has 0 unspecified atom stereocenters. The van der Waals surface area contributed by atoms with E-state index >= 15 is 0 Å². The van der Waals surface area contributed by atoms with Crippen LogP contribution in [0.2, 0.25) is 0 Å². The van der Waals surface area contributed by atoms with Crippen LogP contribution in [-0.2, 0) is 28.5 Å². The molecule has 13 nitrogen and oxygen atoms in total. The van der Waals surface area contributed by atoms with E-state index in [-0.39, 0.29) is 19.0 Å². The summed E-state index contributed by atoms with van der Waals surface area (Å²) >= 11 is 1.43. The predicted octanol–water partition coefficient (Wildman–Crippen LogP) is -3.52. The highest BCUT2D eigenvalue weighted by atomic mass is 32.2. The Kier molecular flexibility index (Phi) is 12.1. The van der Waals surface area contributed by atoms with Gasteiger partial charge >= 0.3 is 5.97 Å². The van der Waals surface area contributed by atoms with Crippen LogP contribution in [0, 0.1) is 0 Å². The first-order valence-corrected chi connectivity index (χ1v) is 11.8. The fraction of sp³-hybridized carbons (Fsp3) is 0.850. The number of methoxy groups -OCH3 is 1. The minimum absolute atomic E-state index is 0.0317. The minimum Gasteiger partial charge on any atom is -0.469 e. The Morgan fingerprint density at radius 3 is 2.15 bits per heavy atom. The van der Waals surface area contributed by atoms with E-state index in [2.05, 4.69) is 11.3 Å². The van der Waals surface area contributed by atoms with Crippen LogP contribution in [0.25, 0.3) is 0 Å². The molecular weight excluding hydrogens is 480 g/mol. The Morgan fingerprint density at radius 2 is 1.53 bits per heavy atom. The Morgan fingerprint density at radius 1 is 0.912 bits per heavy atom. The zero-order chi connectivity index (χ0) is 25.4. The molecule has 2 saturated heterocycles. The molecule has 14 heteroatoms. The second-order valence-electron chi connectivity index (χ2n) is 7.94. The molecule has 2 fully saturated rings. The largest absolute Gasteiger partial charge is 0.469 e. The van der Waals surface area contributed by atoms with Gasteiger partial charge in [-0.05, 0) is 5.57 Å². The topological polar surface area (TPSA) is 205 Å². The molecule has 2 rings (SSSR count). The lowest BCUT2D eigenvalue weighted by molar-refractivity contribution is -0.358. The summed E-state index contributed by atoms with van der Waals surface area (Å²) in [4.78, 5) is 11.1. The van der Waals surface area contributed by atoms with Crippen molar-refractivity contribution in [3.8, 4) is 0 Å². The lowest BCUT2D eigenvalue weighted by atomic mass is 9.97. The molecule has 0 radical (unpaired) electrons. The number of aliphatic hydroxyl groups is 7. The number of rotatable bonds is 12. The van der Waals surface area contributed by atoms with Crippen LogP contribution in [0.5, 0.6) is 0 Å². The number of carbonyl (C=O) groups is 1. The van der Waals surface area contributed by atoms with E-state index in [0.29, 0.717) is 17.1 Å². The third-order valence-electron chi connectivity index (χ3n) is 5.40. The average molecular weight is 515 g/mol. The van der Waals surface area contributed by atoms with Gasteiger partial charge < -0.3 is 59.4 Å². The smallest absolute Gasteiger partial charge is 0.306 e. The molecular formula is C20H34O13S. The van der Waals surface area contributed by atoms with E-state index in [1.165, 1.54) is 18.9 Å². The summed E-state index contributed by atoms with van der Waals surface area (Å²) in [6.07, 6.45) is -14.8. The van der Waals surface area contributed by atoms with Crippen LogP contribution in [0.3, 0.4) is 0 Å². The van der Waals surface area contributed by atoms with E-state index in [9.17, 15) is 40.5 Å². The number of hydrogen-bond acceptors (Lipinski definition) is 14. The highest BCUT2D eigenvalue weighted by Crippen LogP contribution is 2.29. The second-order valence-corrected chi connectivity index (χ2v) is 9.05. The summed E-state index contributed by atoms with van der Waals surface area (Å²) in [5, 5.41) is 69.9. The van der Waals surface area contributed by atoms with Gasteiger partial charge in [-0.2, -0.15) is 11.8 Å². The molecule has 2 aliphatic rings. The Labute approximate surface area is 200 Å². The van der Waals surface area contributed by atoms with Crippen molar-refractivity contribution < 1.29 is 64.2 Å². The van der Waals surface area contributed by atoms with E-state index in [0.717, 1.165) is 0 Å². The molecule has 0 aromatic carbocycles. The number of hydrogen-bond donors (Lipinski definition) is 7. The van der Waals surface area contributed by atoms with Gasteiger partial charge in [0.15, 0.2) is 12.6 Å². The number of esters is 1. The number of ether oxygens (including phenoxy) is 5. The lowest BCUT2D eigenvalue weighted by Gasteiger charge is -2.45. The van der Waals surface area contributed by atoms with Gasteiger partial charge in [0, 0.05) is 11.5 Å². The van der Waals surface area contributed by atoms with E-state index in [1.807, 2.05) is 0 Å². The van der Waals surface area contributed by atoms with Crippen LogP contribution in [0.1, 0.15) is 6.42 Å². The minimum atomic E-state index is -1.74. The Bertz CT molecular complexity index is 648. The molecule has 0 saturated carbocycles. The summed E-state index contributed by atoms with van der Waals surface area (Å²) < 4.78 is 26.3. The summed E-state index contributed by atoms with van der Waals surface area (Å²) in [5.74, 6) is 0.670. The molecule has 0 spiro atoms. The van der Waals surface area contributed by atoms with E-state index < -0.39 is 74.6 Å². The third-order valence-corrected chi connectivity index (χ3v) is 6.50. The van der Waals surface area contributed by atoms with Gasteiger partial charge in [0.1, 0.15) is 48.8 Å². The summed E-state index contributed by atoms with van der Waals surface area (Å²) in [6.45, 7) is 2.48. The molecule has 198 valence electrons. The first kappa shape index (κ1) is 29.4. The maximum absolute atomic E-state index is 11.1. The Balaban J connectivity index is 1.90. The highest BCUT2D eigenvalue weighted by molar-refractivity contribution is 7.99. The zero-order valence-electron chi connectivity index (χ0n) is 18.7. The van der Waals surface area contributed by atoms with E-state index in [4.69, 9.17) is 18.9 Å². The fourth-order valence-corrected chi connectivity index (χ4v) is 4.24. The monoisotopic (exact) mass is 514 g/mol. The summed E-state index contributed by atoms with van der Waals surface area (Å²) in [7, 11) is 1.31. The number of thioether (sulfide) groups is 1. The number of aliphatic hydroxyl groups excluding tert-OH is 7. The van der Waals surface area contributed by atoms with Crippen molar-refractivity contribution in [3.05, 3.63) is 12.2 Å². The molecule has 0 aromatic rings. The van der Waals surface area contributed by atoms with Gasteiger partial charge in [0.25, 0.3) is 0 Å². The molecule has 0 aliphatic carbocycles. The van der Waals surface area contributed by atoms with Gasteiger partial charge in [0.2, 0.25) is 0 Å². The molecule has 34 heavy (non-hydrogen) atoms. The first-order chi connectivity index (χ1) is 16.1. The molecule has 2 heterocycles. The first-order valence-electron chi connectivity index (χ1n) is 10.7. The molecule has 2 aliphatic heterocycles. The number of carbonyl (C=O) groups excluding carboxylic acids is 1. The van der Waals surface area contributed by atoms with Crippen molar-refractivity contribution in [2.45, 2.75) is 67.8 Å². The predicted molar refractivity (Wildman–Crippen MR) is 115 cm³/mol. The SMILES string of the molecule is C=C(CO[C@H]1O[C@H](CO)[C@H](O[C@@H]2O[C@H](CO)[C@H](O)[C@H](O)[C@H]2O)[C@H](O)[C@H]1O)CSCCC(=O)OC. The van der Waals surface area contributed by atoms with Gasteiger partial charge in [-0.1, -0.05) is 6.58 Å². The molecule has 7 N–H and O–H groups in total. The lowest BCUT2D eigenvalue weighted by Crippen LogP contribution is -2.64. The molecule has 0 bridgehead atoms. The summed E-state index contributed by atoms with van der Waals surface area (Å²) in [6, 6.07) is 0. The molecule has 10 atom stereocenters. The maximum atomic E-state index is 11.1. The maximum Gasteiger partial charge on any atom is 0.306 e. The van der Waals surface area contributed by atoms with Crippen molar-refractivity contribution >= 4 is 17.7 Å². The summed E-state index contributed by atoms with van der Waals surface area (Å²) in [5.41, 5.74) is 0.625. The average Bonchev–Trinajstić information content (AvgIpc) is 2.83. The van der Waals surface area contributed by atoms with Crippen LogP contribution in [0.15, 0.2) is 12.2 Å². The fourth-order valence-electron chi connectivity index (χ4n) is 3.41. The van der Waals surface area contributed by atoms with Crippen molar-refractivity contribution in [1.82, 2.24) is 0 Å². The van der Waals surface area contributed by atoms with Crippen molar-refractivity contribution in [2.24, 2.45) is 0 Å². The van der Waals surface area contributed by atoms with Crippen molar-refractivity contribution in [1.29, 1.82) is 0 Å². The quantitative estimate of drug-likeness (QED) is 0.0766. The van der Waals surface area contributed by atoms with Crippen LogP contribution >= 0.6 is 11.8 Å². The third kappa shape index (κ3) is 7.56. The van der Waals surface area contributed by atoms with Crippen LogP contribution in [0.4, 0.5) is 0 Å². The normalized spacial score (nSPS) is 38.5. The van der Waals surface area contributed by atoms with Crippen molar-refractivity contribution in [3.63, 3.8) is 0 Å². The van der Waals surface area contributed by atoms with Crippen LogP contribution in [-0.4, -0.2) is 142 Å². The van der Waals surface area contributed by atoms with Gasteiger partial charge in [0.05, 0.1) is 33.4 Å². The van der Waals surface area contributed by atoms with E-state index in [1.54, 1.807) is 0 Å². The molecule has 0 aromatic heterocycles. The zero-order valence-corrected chi connectivity index (χ0v) is 19.5. The van der Waals surface area contributed by atoms with Gasteiger partial charge in [-0.15, -0.1) is 0 Å². The van der Waals surface area contributed by atoms with Crippen molar-refractivity contribution in [2.75, 3.05) is 38.4 Å². The van der Waals surface area contributed by atoms with Crippen LogP contribution < -0.4 is 0 Å². The second kappa shape index (κ2) is 14.0. The van der Waals surface area contributed by atoms with Gasteiger partial charge in [-0.3, -0.25) is 4.79 Å².